The Morgan fingerprint density at radius 2 is 1.43 bits per heavy atom. The highest BCUT2D eigenvalue weighted by Crippen LogP contribution is 2.27. The fourth-order valence-electron chi connectivity index (χ4n) is 1.42. The van der Waals surface area contributed by atoms with Crippen molar-refractivity contribution < 1.29 is 27.6 Å². The predicted molar refractivity (Wildman–Crippen MR) is 69.7 cm³/mol. The third-order valence-corrected chi connectivity index (χ3v) is 2.16. The lowest BCUT2D eigenvalue weighted by atomic mass is 10.2. The Morgan fingerprint density at radius 1 is 0.905 bits per heavy atom. The van der Waals surface area contributed by atoms with E-state index in [2.05, 4.69) is 10.6 Å². The highest BCUT2D eigenvalue weighted by molar-refractivity contribution is 6.01. The minimum absolute atomic E-state index is 0.0673. The van der Waals surface area contributed by atoms with E-state index in [0.717, 1.165) is 6.07 Å². The van der Waals surface area contributed by atoms with E-state index in [1.54, 1.807) is 5.32 Å². The summed E-state index contributed by atoms with van der Waals surface area (Å²) in [5.41, 5.74) is 0.0931. The van der Waals surface area contributed by atoms with Crippen LogP contribution in [0, 0.1) is 0 Å². The standard InChI is InChI=1S/C12H12F3N3O3/c1-6(19)16-9-4-3-8(5-10(9)17-7(2)20)18-11(21)12(13,14)15/h3-5H,1-2H3,(H,16,19)(H,17,20)(H,18,21). The molecule has 0 saturated heterocycles. The summed E-state index contributed by atoms with van der Waals surface area (Å²) in [4.78, 5) is 32.9. The predicted octanol–water partition coefficient (Wildman–Crippen LogP) is 2.10. The second-order valence-electron chi connectivity index (χ2n) is 4.07. The molecule has 0 unspecified atom stereocenters. The van der Waals surface area contributed by atoms with E-state index in [0.29, 0.717) is 0 Å². The molecule has 21 heavy (non-hydrogen) atoms. The highest BCUT2D eigenvalue weighted by Gasteiger charge is 2.38. The van der Waals surface area contributed by atoms with Crippen molar-refractivity contribution in [1.82, 2.24) is 0 Å². The fourth-order valence-corrected chi connectivity index (χ4v) is 1.42. The van der Waals surface area contributed by atoms with Crippen LogP contribution < -0.4 is 16.0 Å². The van der Waals surface area contributed by atoms with Crippen molar-refractivity contribution >= 4 is 34.8 Å². The van der Waals surface area contributed by atoms with Gasteiger partial charge in [-0.1, -0.05) is 0 Å². The lowest BCUT2D eigenvalue weighted by molar-refractivity contribution is -0.167. The molecule has 0 saturated carbocycles. The lowest BCUT2D eigenvalue weighted by Crippen LogP contribution is -2.30. The summed E-state index contributed by atoms with van der Waals surface area (Å²) in [5, 5.41) is 6.39. The van der Waals surface area contributed by atoms with Crippen molar-refractivity contribution in [2.24, 2.45) is 0 Å². The van der Waals surface area contributed by atoms with Gasteiger partial charge < -0.3 is 16.0 Å². The van der Waals surface area contributed by atoms with Crippen LogP contribution in [0.4, 0.5) is 30.2 Å². The molecule has 1 rings (SSSR count). The molecule has 0 aliphatic rings. The van der Waals surface area contributed by atoms with E-state index in [-0.39, 0.29) is 17.1 Å². The van der Waals surface area contributed by atoms with Gasteiger partial charge in [-0.2, -0.15) is 13.2 Å². The van der Waals surface area contributed by atoms with Gasteiger partial charge in [0.2, 0.25) is 11.8 Å². The summed E-state index contributed by atoms with van der Waals surface area (Å²) in [6, 6.07) is 3.54. The molecule has 0 aliphatic carbocycles. The van der Waals surface area contributed by atoms with Gasteiger partial charge in [0.25, 0.3) is 0 Å². The number of carbonyl (C=O) groups is 3. The highest BCUT2D eigenvalue weighted by atomic mass is 19.4. The van der Waals surface area contributed by atoms with Crippen molar-refractivity contribution in [3.8, 4) is 0 Å². The first-order chi connectivity index (χ1) is 9.59. The third kappa shape index (κ3) is 5.13. The number of benzene rings is 1. The summed E-state index contributed by atoms with van der Waals surface area (Å²) in [6.07, 6.45) is -5.02. The van der Waals surface area contributed by atoms with Crippen molar-refractivity contribution in [3.05, 3.63) is 18.2 Å². The molecule has 1 aromatic rings. The van der Waals surface area contributed by atoms with Crippen LogP contribution in [-0.4, -0.2) is 23.9 Å². The topological polar surface area (TPSA) is 87.3 Å². The molecule has 6 nitrogen and oxygen atoms in total. The molecule has 0 spiro atoms. The summed E-state index contributed by atoms with van der Waals surface area (Å²) in [5.74, 6) is -3.04. The molecule has 114 valence electrons. The van der Waals surface area contributed by atoms with Crippen molar-refractivity contribution in [3.63, 3.8) is 0 Å². The molecule has 0 atom stereocenters. The van der Waals surface area contributed by atoms with Crippen LogP contribution in [0.5, 0.6) is 0 Å². The van der Waals surface area contributed by atoms with Gasteiger partial charge in [0.05, 0.1) is 11.4 Å². The van der Waals surface area contributed by atoms with E-state index in [1.165, 1.54) is 26.0 Å². The van der Waals surface area contributed by atoms with E-state index in [4.69, 9.17) is 0 Å². The molecule has 9 heteroatoms. The Balaban J connectivity index is 3.06. The Bertz CT molecular complexity index is 585. The molecule has 0 fully saturated rings. The minimum atomic E-state index is -5.02. The molecule has 1 aromatic carbocycles. The van der Waals surface area contributed by atoms with Crippen LogP contribution in [0.1, 0.15) is 13.8 Å². The van der Waals surface area contributed by atoms with Gasteiger partial charge in [-0.25, -0.2) is 0 Å². The average Bonchev–Trinajstić information content (AvgIpc) is 2.30. The van der Waals surface area contributed by atoms with E-state index < -0.39 is 23.9 Å². The van der Waals surface area contributed by atoms with Gasteiger partial charge >= 0.3 is 12.1 Å². The van der Waals surface area contributed by atoms with Crippen LogP contribution in [-0.2, 0) is 14.4 Å². The lowest BCUT2D eigenvalue weighted by Gasteiger charge is -2.13. The Kier molecular flexibility index (Phi) is 4.90. The second kappa shape index (κ2) is 6.25. The number of carbonyl (C=O) groups excluding carboxylic acids is 3. The zero-order valence-corrected chi connectivity index (χ0v) is 11.1. The Hall–Kier alpha value is -2.58. The van der Waals surface area contributed by atoms with Gasteiger partial charge in [-0.3, -0.25) is 14.4 Å². The molecule has 3 amide bonds. The van der Waals surface area contributed by atoms with Crippen LogP contribution in [0.25, 0.3) is 0 Å². The third-order valence-electron chi connectivity index (χ3n) is 2.16. The monoisotopic (exact) mass is 303 g/mol. The number of amides is 3. The fraction of sp³-hybridized carbons (Fsp3) is 0.250. The molecule has 0 aromatic heterocycles. The maximum Gasteiger partial charge on any atom is 0.471 e. The maximum absolute atomic E-state index is 12.2. The summed E-state index contributed by atoms with van der Waals surface area (Å²) >= 11 is 0. The summed E-state index contributed by atoms with van der Waals surface area (Å²) in [7, 11) is 0. The van der Waals surface area contributed by atoms with E-state index >= 15 is 0 Å². The quantitative estimate of drug-likeness (QED) is 0.799. The van der Waals surface area contributed by atoms with E-state index in [9.17, 15) is 27.6 Å². The normalized spacial score (nSPS) is 10.7. The minimum Gasteiger partial charge on any atom is -0.325 e. The maximum atomic E-state index is 12.2. The van der Waals surface area contributed by atoms with E-state index in [1.807, 2.05) is 0 Å². The van der Waals surface area contributed by atoms with Gasteiger partial charge in [0.15, 0.2) is 0 Å². The first-order valence-electron chi connectivity index (χ1n) is 5.67. The molecule has 0 radical (unpaired) electrons. The smallest absolute Gasteiger partial charge is 0.325 e. The zero-order chi connectivity index (χ0) is 16.2. The number of hydrogen-bond donors (Lipinski definition) is 3. The molecule has 0 heterocycles. The van der Waals surface area contributed by atoms with Crippen molar-refractivity contribution in [1.29, 1.82) is 0 Å². The van der Waals surface area contributed by atoms with Crippen molar-refractivity contribution in [2.75, 3.05) is 16.0 Å². The second-order valence-corrected chi connectivity index (χ2v) is 4.07. The molecule has 0 bridgehead atoms. The Morgan fingerprint density at radius 3 is 1.90 bits per heavy atom. The van der Waals surface area contributed by atoms with Crippen LogP contribution in [0.15, 0.2) is 18.2 Å². The number of nitrogens with one attached hydrogen (secondary N) is 3. The summed E-state index contributed by atoms with van der Waals surface area (Å²) < 4.78 is 36.5. The first-order valence-corrected chi connectivity index (χ1v) is 5.67. The largest absolute Gasteiger partial charge is 0.471 e. The number of halogens is 3. The van der Waals surface area contributed by atoms with Crippen LogP contribution in [0.2, 0.25) is 0 Å². The van der Waals surface area contributed by atoms with Gasteiger partial charge in [0.1, 0.15) is 0 Å². The van der Waals surface area contributed by atoms with Gasteiger partial charge in [-0.05, 0) is 18.2 Å². The average molecular weight is 303 g/mol. The molecule has 3 N–H and O–H groups in total. The Labute approximate surface area is 117 Å². The molecular formula is C12H12F3N3O3. The van der Waals surface area contributed by atoms with Crippen LogP contribution in [0.3, 0.4) is 0 Å². The number of anilines is 3. The number of rotatable bonds is 3. The first kappa shape index (κ1) is 16.5. The van der Waals surface area contributed by atoms with Crippen LogP contribution >= 0.6 is 0 Å². The number of hydrogen-bond acceptors (Lipinski definition) is 3. The molecule has 0 aliphatic heterocycles. The SMILES string of the molecule is CC(=O)Nc1ccc(NC(=O)C(F)(F)F)cc1NC(C)=O. The number of alkyl halides is 3. The van der Waals surface area contributed by atoms with Gasteiger partial charge in [-0.15, -0.1) is 0 Å². The zero-order valence-electron chi connectivity index (χ0n) is 11.1. The molecular weight excluding hydrogens is 291 g/mol. The summed E-state index contributed by atoms with van der Waals surface area (Å²) in [6.45, 7) is 2.43. The van der Waals surface area contributed by atoms with Crippen molar-refractivity contribution in [2.45, 2.75) is 20.0 Å². The van der Waals surface area contributed by atoms with Gasteiger partial charge in [0, 0.05) is 19.5 Å².